The molecule has 0 aromatic carbocycles. The molecule has 3 aliphatic rings. The van der Waals surface area contributed by atoms with Gasteiger partial charge in [0.25, 0.3) is 0 Å². The van der Waals surface area contributed by atoms with Crippen LogP contribution in [-0.2, 0) is 4.79 Å². The topological polar surface area (TPSA) is 87.7 Å². The van der Waals surface area contributed by atoms with E-state index in [1.54, 1.807) is 0 Å². The van der Waals surface area contributed by atoms with Crippen LogP contribution in [0.25, 0.3) is 0 Å². The smallest absolute Gasteiger partial charge is 0.224 e. The van der Waals surface area contributed by atoms with E-state index in [2.05, 4.69) is 10.5 Å². The number of hydrogen-bond donors (Lipinski definition) is 3. The van der Waals surface area contributed by atoms with E-state index in [-0.39, 0.29) is 23.7 Å². The van der Waals surface area contributed by atoms with E-state index in [0.717, 1.165) is 12.8 Å². The normalized spacial score (nSPS) is 37.4. The fraction of sp³-hybridized carbons (Fsp3) is 0.833. The highest BCUT2D eigenvalue weighted by Crippen LogP contribution is 2.57. The molecule has 3 saturated carbocycles. The zero-order chi connectivity index (χ0) is 12.0. The molecule has 3 fully saturated rings. The van der Waals surface area contributed by atoms with Crippen molar-refractivity contribution < 1.29 is 10.0 Å². The van der Waals surface area contributed by atoms with Gasteiger partial charge in [-0.05, 0) is 43.4 Å². The summed E-state index contributed by atoms with van der Waals surface area (Å²) in [5, 5.41) is 14.7. The second-order valence-corrected chi connectivity index (χ2v) is 5.63. The molecule has 5 heteroatoms. The molecule has 3 unspecified atom stereocenters. The Balaban J connectivity index is 1.59. The lowest BCUT2D eigenvalue weighted by molar-refractivity contribution is -0.123. The molecule has 0 saturated heterocycles. The number of hydrogen-bond acceptors (Lipinski definition) is 3. The third kappa shape index (κ3) is 1.87. The Morgan fingerprint density at radius 1 is 1.29 bits per heavy atom. The van der Waals surface area contributed by atoms with Crippen molar-refractivity contribution in [2.45, 2.75) is 38.1 Å². The van der Waals surface area contributed by atoms with Gasteiger partial charge in [0.1, 0.15) is 0 Å². The van der Waals surface area contributed by atoms with E-state index in [9.17, 15) is 4.79 Å². The largest absolute Gasteiger partial charge is 0.409 e. The molecule has 3 atom stereocenters. The molecule has 1 amide bonds. The van der Waals surface area contributed by atoms with Gasteiger partial charge in [-0.15, -0.1) is 0 Å². The first-order valence-electron chi connectivity index (χ1n) is 6.50. The van der Waals surface area contributed by atoms with Crippen molar-refractivity contribution in [3.8, 4) is 0 Å². The number of amides is 1. The summed E-state index contributed by atoms with van der Waals surface area (Å²) in [5.41, 5.74) is 5.63. The van der Waals surface area contributed by atoms with Crippen LogP contribution < -0.4 is 11.1 Å². The van der Waals surface area contributed by atoms with Gasteiger partial charge in [-0.25, -0.2) is 0 Å². The third-order valence-corrected chi connectivity index (χ3v) is 4.53. The molecule has 0 radical (unpaired) electrons. The maximum atomic E-state index is 12.1. The maximum Gasteiger partial charge on any atom is 0.224 e. The number of nitrogens with two attached hydrogens (primary N) is 1. The molecule has 94 valence electrons. The average molecular weight is 237 g/mol. The number of rotatable bonds is 4. The zero-order valence-electron chi connectivity index (χ0n) is 9.80. The van der Waals surface area contributed by atoms with Crippen molar-refractivity contribution in [2.75, 3.05) is 0 Å². The fourth-order valence-corrected chi connectivity index (χ4v) is 3.38. The SMILES string of the molecule is NC(=NO)C(NC(=O)C1C2CCCC21)C1CC1. The molecule has 0 aromatic rings. The number of carbonyl (C=O) groups excluding carboxylic acids is 1. The van der Waals surface area contributed by atoms with Crippen LogP contribution in [0.15, 0.2) is 5.16 Å². The van der Waals surface area contributed by atoms with Gasteiger partial charge in [0.15, 0.2) is 5.84 Å². The summed E-state index contributed by atoms with van der Waals surface area (Å²) in [4.78, 5) is 12.1. The zero-order valence-corrected chi connectivity index (χ0v) is 9.80. The van der Waals surface area contributed by atoms with Crippen LogP contribution in [0.4, 0.5) is 0 Å². The molecular weight excluding hydrogens is 218 g/mol. The minimum atomic E-state index is -0.256. The molecule has 4 N–H and O–H groups in total. The van der Waals surface area contributed by atoms with E-state index < -0.39 is 0 Å². The predicted octanol–water partition coefficient (Wildman–Crippen LogP) is 0.674. The van der Waals surface area contributed by atoms with E-state index in [1.807, 2.05) is 0 Å². The molecule has 0 aliphatic heterocycles. The minimum Gasteiger partial charge on any atom is -0.409 e. The molecule has 0 heterocycles. The van der Waals surface area contributed by atoms with Gasteiger partial charge in [-0.1, -0.05) is 11.6 Å². The highest BCUT2D eigenvalue weighted by molar-refractivity contribution is 5.92. The van der Waals surface area contributed by atoms with Gasteiger partial charge in [0.2, 0.25) is 5.91 Å². The maximum absolute atomic E-state index is 12.1. The van der Waals surface area contributed by atoms with E-state index in [0.29, 0.717) is 17.8 Å². The predicted molar refractivity (Wildman–Crippen MR) is 62.4 cm³/mol. The number of amidine groups is 1. The van der Waals surface area contributed by atoms with Crippen molar-refractivity contribution in [3.05, 3.63) is 0 Å². The first-order valence-corrected chi connectivity index (χ1v) is 6.50. The Morgan fingerprint density at radius 3 is 2.47 bits per heavy atom. The number of oxime groups is 1. The standard InChI is InChI=1S/C12H19N3O2/c13-11(15-17)10(6-4-5-6)14-12(16)9-7-2-1-3-8(7)9/h6-10,17H,1-5H2,(H2,13,15)(H,14,16). The summed E-state index contributed by atoms with van der Waals surface area (Å²) in [5.74, 6) is 2.06. The molecule has 0 aromatic heterocycles. The quantitative estimate of drug-likeness (QED) is 0.291. The number of fused-ring (bicyclic) bond motifs is 1. The molecule has 0 bridgehead atoms. The monoisotopic (exact) mass is 237 g/mol. The Labute approximate surface area is 100 Å². The average Bonchev–Trinajstić information content (AvgIpc) is 3.24. The summed E-state index contributed by atoms with van der Waals surface area (Å²) in [6.07, 6.45) is 5.77. The van der Waals surface area contributed by atoms with Crippen LogP contribution >= 0.6 is 0 Å². The van der Waals surface area contributed by atoms with Gasteiger partial charge in [0, 0.05) is 5.92 Å². The number of nitrogens with one attached hydrogen (secondary N) is 1. The lowest BCUT2D eigenvalue weighted by atomic mass is 10.1. The lowest BCUT2D eigenvalue weighted by Crippen LogP contribution is -2.47. The second-order valence-electron chi connectivity index (χ2n) is 5.63. The highest BCUT2D eigenvalue weighted by atomic mass is 16.4. The molecule has 3 rings (SSSR count). The van der Waals surface area contributed by atoms with Gasteiger partial charge < -0.3 is 16.3 Å². The van der Waals surface area contributed by atoms with Gasteiger partial charge in [-0.3, -0.25) is 4.79 Å². The molecule has 5 nitrogen and oxygen atoms in total. The Hall–Kier alpha value is -1.26. The van der Waals surface area contributed by atoms with Crippen molar-refractivity contribution in [2.24, 2.45) is 34.6 Å². The highest BCUT2D eigenvalue weighted by Gasteiger charge is 2.57. The van der Waals surface area contributed by atoms with Crippen LogP contribution in [-0.4, -0.2) is 23.0 Å². The molecule has 17 heavy (non-hydrogen) atoms. The van der Waals surface area contributed by atoms with Gasteiger partial charge in [0.05, 0.1) is 6.04 Å². The summed E-state index contributed by atoms with van der Waals surface area (Å²) in [7, 11) is 0. The summed E-state index contributed by atoms with van der Waals surface area (Å²) in [6, 6.07) is -0.256. The first kappa shape index (κ1) is 10.9. The van der Waals surface area contributed by atoms with E-state index in [4.69, 9.17) is 10.9 Å². The first-order chi connectivity index (χ1) is 8.22. The summed E-state index contributed by atoms with van der Waals surface area (Å²) in [6.45, 7) is 0. The van der Waals surface area contributed by atoms with Gasteiger partial charge >= 0.3 is 0 Å². The summed E-state index contributed by atoms with van der Waals surface area (Å²) < 4.78 is 0. The van der Waals surface area contributed by atoms with Crippen LogP contribution in [0.5, 0.6) is 0 Å². The lowest BCUT2D eigenvalue weighted by Gasteiger charge is -2.17. The van der Waals surface area contributed by atoms with Crippen LogP contribution in [0.1, 0.15) is 32.1 Å². The van der Waals surface area contributed by atoms with Crippen molar-refractivity contribution >= 4 is 11.7 Å². The Bertz CT molecular complexity index is 355. The summed E-state index contributed by atoms with van der Waals surface area (Å²) >= 11 is 0. The van der Waals surface area contributed by atoms with Crippen molar-refractivity contribution in [3.63, 3.8) is 0 Å². The molecule has 3 aliphatic carbocycles. The van der Waals surface area contributed by atoms with E-state index in [1.165, 1.54) is 19.3 Å². The molecule has 0 spiro atoms. The van der Waals surface area contributed by atoms with Crippen molar-refractivity contribution in [1.82, 2.24) is 5.32 Å². The fourth-order valence-electron chi connectivity index (χ4n) is 3.38. The van der Waals surface area contributed by atoms with Gasteiger partial charge in [-0.2, -0.15) is 0 Å². The van der Waals surface area contributed by atoms with Crippen LogP contribution in [0, 0.1) is 23.7 Å². The van der Waals surface area contributed by atoms with Crippen LogP contribution in [0.3, 0.4) is 0 Å². The number of nitrogens with zero attached hydrogens (tertiary/aromatic N) is 1. The second kappa shape index (κ2) is 3.89. The third-order valence-electron chi connectivity index (χ3n) is 4.53. The number of carbonyl (C=O) groups is 1. The van der Waals surface area contributed by atoms with Crippen molar-refractivity contribution in [1.29, 1.82) is 0 Å². The Morgan fingerprint density at radius 2 is 1.94 bits per heavy atom. The molecular formula is C12H19N3O2. The van der Waals surface area contributed by atoms with E-state index >= 15 is 0 Å². The minimum absolute atomic E-state index is 0.114. The van der Waals surface area contributed by atoms with Crippen LogP contribution in [0.2, 0.25) is 0 Å². The Kier molecular flexibility index (Phi) is 2.49.